The van der Waals surface area contributed by atoms with Crippen molar-refractivity contribution < 1.29 is 4.74 Å². The number of nitrogens with zero attached hydrogens (tertiary/aromatic N) is 1. The Labute approximate surface area is 86.6 Å². The predicted molar refractivity (Wildman–Crippen MR) is 57.9 cm³/mol. The van der Waals surface area contributed by atoms with E-state index in [-0.39, 0.29) is 6.04 Å². The van der Waals surface area contributed by atoms with Gasteiger partial charge in [-0.1, -0.05) is 25.5 Å². The zero-order valence-corrected chi connectivity index (χ0v) is 9.93. The second kappa shape index (κ2) is 6.41. The highest BCUT2D eigenvalue weighted by Crippen LogP contribution is 2.14. The third kappa shape index (κ3) is 5.29. The molecular formula is C10H20ClNO. The molecule has 1 atom stereocenters. The first-order chi connectivity index (χ1) is 5.99. The average Bonchev–Trinajstić information content (AvgIpc) is 1.99. The van der Waals surface area contributed by atoms with E-state index < -0.39 is 0 Å². The number of ether oxygens (including phenoxy) is 1. The topological polar surface area (TPSA) is 12.5 Å². The van der Waals surface area contributed by atoms with Gasteiger partial charge in [0.1, 0.15) is 0 Å². The SMILES string of the molecule is COC/C(C)=C/C(C(C)C)N(C)Cl. The molecular weight excluding hydrogens is 186 g/mol. The highest BCUT2D eigenvalue weighted by atomic mass is 35.5. The Kier molecular flexibility index (Phi) is 6.39. The van der Waals surface area contributed by atoms with Gasteiger partial charge in [-0.2, -0.15) is 0 Å². The number of hydrogen-bond donors (Lipinski definition) is 0. The molecule has 0 fully saturated rings. The molecule has 0 amide bonds. The third-order valence-corrected chi connectivity index (χ3v) is 2.15. The van der Waals surface area contributed by atoms with Crippen LogP contribution in [0.4, 0.5) is 0 Å². The normalized spacial score (nSPS) is 15.5. The van der Waals surface area contributed by atoms with Crippen molar-refractivity contribution in [3.63, 3.8) is 0 Å². The monoisotopic (exact) mass is 205 g/mol. The minimum atomic E-state index is 0.275. The average molecular weight is 206 g/mol. The summed E-state index contributed by atoms with van der Waals surface area (Å²) < 4.78 is 6.75. The first-order valence-corrected chi connectivity index (χ1v) is 4.87. The molecule has 0 aliphatic carbocycles. The Morgan fingerprint density at radius 2 is 2.08 bits per heavy atom. The van der Waals surface area contributed by atoms with Crippen LogP contribution in [0, 0.1) is 5.92 Å². The van der Waals surface area contributed by atoms with E-state index in [0.717, 1.165) is 0 Å². The molecule has 0 saturated carbocycles. The van der Waals surface area contributed by atoms with Crippen LogP contribution in [0.25, 0.3) is 0 Å². The highest BCUT2D eigenvalue weighted by molar-refractivity contribution is 6.13. The molecule has 0 rings (SSSR count). The minimum Gasteiger partial charge on any atom is -0.380 e. The van der Waals surface area contributed by atoms with Gasteiger partial charge in [-0.3, -0.25) is 0 Å². The van der Waals surface area contributed by atoms with Gasteiger partial charge in [0, 0.05) is 20.2 Å². The lowest BCUT2D eigenvalue weighted by Gasteiger charge is -2.23. The van der Waals surface area contributed by atoms with E-state index in [1.165, 1.54) is 5.57 Å². The summed E-state index contributed by atoms with van der Waals surface area (Å²) in [7, 11) is 3.58. The van der Waals surface area contributed by atoms with Gasteiger partial charge in [0.2, 0.25) is 0 Å². The Bertz CT molecular complexity index is 158. The molecule has 0 aromatic carbocycles. The summed E-state index contributed by atoms with van der Waals surface area (Å²) >= 11 is 5.93. The lowest BCUT2D eigenvalue weighted by atomic mass is 10.0. The summed E-state index contributed by atoms with van der Waals surface area (Å²) in [6, 6.07) is 0.275. The van der Waals surface area contributed by atoms with Crippen LogP contribution in [0.1, 0.15) is 20.8 Å². The second-order valence-electron chi connectivity index (χ2n) is 3.71. The molecule has 0 aromatic rings. The molecule has 78 valence electrons. The summed E-state index contributed by atoms with van der Waals surface area (Å²) in [6.07, 6.45) is 2.15. The number of rotatable bonds is 5. The Hall–Kier alpha value is -0.0500. The van der Waals surface area contributed by atoms with Crippen molar-refractivity contribution in [3.8, 4) is 0 Å². The van der Waals surface area contributed by atoms with Crippen LogP contribution in [-0.2, 0) is 4.74 Å². The Morgan fingerprint density at radius 1 is 1.54 bits per heavy atom. The lowest BCUT2D eigenvalue weighted by molar-refractivity contribution is 0.224. The molecule has 0 spiro atoms. The zero-order valence-electron chi connectivity index (χ0n) is 9.17. The summed E-state index contributed by atoms with van der Waals surface area (Å²) in [5.74, 6) is 0.509. The van der Waals surface area contributed by atoms with Crippen molar-refractivity contribution in [1.82, 2.24) is 4.42 Å². The fourth-order valence-corrected chi connectivity index (χ4v) is 1.55. The quantitative estimate of drug-likeness (QED) is 0.506. The van der Waals surface area contributed by atoms with Crippen molar-refractivity contribution in [2.75, 3.05) is 20.8 Å². The first-order valence-electron chi connectivity index (χ1n) is 4.53. The van der Waals surface area contributed by atoms with Crippen LogP contribution in [0.15, 0.2) is 11.6 Å². The zero-order chi connectivity index (χ0) is 10.4. The van der Waals surface area contributed by atoms with Crippen molar-refractivity contribution in [3.05, 3.63) is 11.6 Å². The van der Waals surface area contributed by atoms with E-state index in [1.807, 2.05) is 7.05 Å². The highest BCUT2D eigenvalue weighted by Gasteiger charge is 2.14. The van der Waals surface area contributed by atoms with E-state index in [1.54, 1.807) is 11.5 Å². The van der Waals surface area contributed by atoms with E-state index in [0.29, 0.717) is 12.5 Å². The van der Waals surface area contributed by atoms with Crippen molar-refractivity contribution in [1.29, 1.82) is 0 Å². The molecule has 0 aliphatic rings. The molecule has 0 bridgehead atoms. The minimum absolute atomic E-state index is 0.275. The molecule has 0 aliphatic heterocycles. The van der Waals surface area contributed by atoms with Gasteiger partial charge in [-0.05, 0) is 24.6 Å². The molecule has 13 heavy (non-hydrogen) atoms. The molecule has 2 nitrogen and oxygen atoms in total. The summed E-state index contributed by atoms with van der Waals surface area (Å²) in [4.78, 5) is 0. The van der Waals surface area contributed by atoms with Crippen LogP contribution in [0.2, 0.25) is 0 Å². The largest absolute Gasteiger partial charge is 0.380 e. The number of likely N-dealkylation sites (N-methyl/N-ethyl adjacent to an activating group) is 1. The number of halogens is 1. The van der Waals surface area contributed by atoms with E-state index in [2.05, 4.69) is 26.8 Å². The summed E-state index contributed by atoms with van der Waals surface area (Å²) in [6.45, 7) is 7.04. The van der Waals surface area contributed by atoms with Crippen molar-refractivity contribution in [2.24, 2.45) is 5.92 Å². The van der Waals surface area contributed by atoms with Crippen LogP contribution in [0.5, 0.6) is 0 Å². The molecule has 3 heteroatoms. The van der Waals surface area contributed by atoms with Crippen molar-refractivity contribution in [2.45, 2.75) is 26.8 Å². The number of methoxy groups -OCH3 is 1. The van der Waals surface area contributed by atoms with Crippen LogP contribution in [-0.4, -0.2) is 31.2 Å². The van der Waals surface area contributed by atoms with E-state index >= 15 is 0 Å². The van der Waals surface area contributed by atoms with Gasteiger partial charge in [0.05, 0.1) is 6.61 Å². The third-order valence-electron chi connectivity index (χ3n) is 1.92. The van der Waals surface area contributed by atoms with Gasteiger partial charge >= 0.3 is 0 Å². The van der Waals surface area contributed by atoms with Gasteiger partial charge in [-0.15, -0.1) is 0 Å². The van der Waals surface area contributed by atoms with E-state index in [9.17, 15) is 0 Å². The second-order valence-corrected chi connectivity index (χ2v) is 4.24. The summed E-state index contributed by atoms with van der Waals surface area (Å²) in [5.41, 5.74) is 1.22. The maximum Gasteiger partial charge on any atom is 0.0670 e. The van der Waals surface area contributed by atoms with Gasteiger partial charge in [0.25, 0.3) is 0 Å². The van der Waals surface area contributed by atoms with Crippen LogP contribution >= 0.6 is 11.8 Å². The van der Waals surface area contributed by atoms with Crippen molar-refractivity contribution >= 4 is 11.8 Å². The predicted octanol–water partition coefficient (Wildman–Crippen LogP) is 2.69. The fourth-order valence-electron chi connectivity index (χ4n) is 1.27. The summed E-state index contributed by atoms with van der Waals surface area (Å²) in [5, 5.41) is 0. The van der Waals surface area contributed by atoms with Gasteiger partial charge < -0.3 is 4.74 Å². The molecule has 0 aromatic heterocycles. The molecule has 0 saturated heterocycles. The van der Waals surface area contributed by atoms with Gasteiger partial charge in [-0.25, -0.2) is 4.42 Å². The maximum absolute atomic E-state index is 5.93. The smallest absolute Gasteiger partial charge is 0.0670 e. The molecule has 0 radical (unpaired) electrons. The maximum atomic E-state index is 5.93. The Morgan fingerprint density at radius 3 is 2.38 bits per heavy atom. The fraction of sp³-hybridized carbons (Fsp3) is 0.800. The van der Waals surface area contributed by atoms with E-state index in [4.69, 9.17) is 16.5 Å². The lowest BCUT2D eigenvalue weighted by Crippen LogP contribution is -2.27. The first kappa shape index (κ1) is 12.9. The molecule has 0 heterocycles. The van der Waals surface area contributed by atoms with Crippen LogP contribution < -0.4 is 0 Å². The van der Waals surface area contributed by atoms with Gasteiger partial charge in [0.15, 0.2) is 0 Å². The molecule has 1 unspecified atom stereocenters. The molecule has 0 N–H and O–H groups in total. The number of hydrogen-bond acceptors (Lipinski definition) is 2. The Balaban J connectivity index is 4.31. The standard InChI is InChI=1S/C10H20ClNO/c1-8(2)10(12(4)11)6-9(3)7-13-5/h6,8,10H,7H2,1-5H3/b9-6+. The van der Waals surface area contributed by atoms with Crippen LogP contribution in [0.3, 0.4) is 0 Å².